The molecule has 1 atom stereocenters. The van der Waals surface area contributed by atoms with Gasteiger partial charge in [0.1, 0.15) is 12.1 Å². The number of carbonyl (C=O) groups excluding carboxylic acids is 1. The van der Waals surface area contributed by atoms with Gasteiger partial charge in [0, 0.05) is 10.9 Å². The molecule has 0 aliphatic heterocycles. The van der Waals surface area contributed by atoms with Crippen molar-refractivity contribution in [2.24, 2.45) is 0 Å². The van der Waals surface area contributed by atoms with Crippen LogP contribution in [-0.4, -0.2) is 6.29 Å². The molecule has 14 heavy (non-hydrogen) atoms. The molecular weight excluding hydrogens is 247 g/mol. The van der Waals surface area contributed by atoms with E-state index in [4.69, 9.17) is 0 Å². The molecule has 0 radical (unpaired) electrons. The van der Waals surface area contributed by atoms with Gasteiger partial charge in [-0.2, -0.15) is 0 Å². The first-order chi connectivity index (χ1) is 6.56. The van der Waals surface area contributed by atoms with Gasteiger partial charge in [-0.15, -0.1) is 0 Å². The second kappa shape index (κ2) is 4.69. The summed E-state index contributed by atoms with van der Waals surface area (Å²) in [5.74, 6) is -0.199. The Kier molecular flexibility index (Phi) is 3.81. The fourth-order valence-corrected chi connectivity index (χ4v) is 1.90. The zero-order chi connectivity index (χ0) is 10.7. The number of hydrogen-bond acceptors (Lipinski definition) is 1. The van der Waals surface area contributed by atoms with Crippen LogP contribution < -0.4 is 0 Å². The van der Waals surface area contributed by atoms with E-state index in [0.29, 0.717) is 6.42 Å². The third-order valence-electron chi connectivity index (χ3n) is 2.33. The van der Waals surface area contributed by atoms with Crippen LogP contribution in [-0.2, 0) is 4.79 Å². The summed E-state index contributed by atoms with van der Waals surface area (Å²) in [6.45, 7) is 3.84. The molecule has 1 aromatic carbocycles. The third kappa shape index (κ3) is 2.41. The predicted molar refractivity (Wildman–Crippen MR) is 57.9 cm³/mol. The zero-order valence-corrected chi connectivity index (χ0v) is 9.77. The van der Waals surface area contributed by atoms with Crippen molar-refractivity contribution in [3.63, 3.8) is 0 Å². The molecule has 1 aromatic rings. The van der Waals surface area contributed by atoms with Gasteiger partial charge in [0.2, 0.25) is 0 Å². The third-order valence-corrected chi connectivity index (χ3v) is 3.15. The highest BCUT2D eigenvalue weighted by Crippen LogP contribution is 2.28. The highest BCUT2D eigenvalue weighted by Gasteiger charge is 2.11. The van der Waals surface area contributed by atoms with Crippen LogP contribution in [0.2, 0.25) is 0 Å². The number of aldehydes is 1. The molecule has 0 saturated heterocycles. The summed E-state index contributed by atoms with van der Waals surface area (Å²) in [4.78, 5) is 10.4. The largest absolute Gasteiger partial charge is 0.303 e. The van der Waals surface area contributed by atoms with E-state index in [0.717, 1.165) is 21.9 Å². The minimum absolute atomic E-state index is 0.0690. The predicted octanol–water partition coefficient (Wildman–Crippen LogP) is 3.59. The van der Waals surface area contributed by atoms with Gasteiger partial charge in [-0.25, -0.2) is 4.39 Å². The standard InChI is InChI=1S/C11H12BrFO/c1-7(3-4-14)10-5-9(13)6-11(12)8(10)2/h4-7H,3H2,1-2H3. The molecule has 1 unspecified atom stereocenters. The van der Waals surface area contributed by atoms with E-state index in [-0.39, 0.29) is 11.7 Å². The lowest BCUT2D eigenvalue weighted by atomic mass is 9.94. The molecule has 0 saturated carbocycles. The minimum atomic E-state index is -0.268. The second-order valence-corrected chi connectivity index (χ2v) is 4.26. The Balaban J connectivity index is 3.12. The molecule has 0 amide bonds. The van der Waals surface area contributed by atoms with Crippen LogP contribution in [0, 0.1) is 12.7 Å². The maximum Gasteiger partial charge on any atom is 0.124 e. The number of carbonyl (C=O) groups is 1. The van der Waals surface area contributed by atoms with Gasteiger partial charge in [-0.05, 0) is 36.1 Å². The lowest BCUT2D eigenvalue weighted by molar-refractivity contribution is -0.108. The zero-order valence-electron chi connectivity index (χ0n) is 8.18. The van der Waals surface area contributed by atoms with E-state index in [1.54, 1.807) is 0 Å². The first-order valence-electron chi connectivity index (χ1n) is 4.45. The van der Waals surface area contributed by atoms with E-state index >= 15 is 0 Å². The second-order valence-electron chi connectivity index (χ2n) is 3.41. The van der Waals surface area contributed by atoms with Crippen molar-refractivity contribution in [2.45, 2.75) is 26.2 Å². The summed E-state index contributed by atoms with van der Waals surface area (Å²) in [6.07, 6.45) is 1.29. The normalized spacial score (nSPS) is 12.6. The molecule has 0 N–H and O–H groups in total. The summed E-state index contributed by atoms with van der Waals surface area (Å²) in [5, 5.41) is 0. The fraction of sp³-hybridized carbons (Fsp3) is 0.364. The SMILES string of the molecule is Cc1c(Br)cc(F)cc1C(C)CC=O. The molecule has 0 aliphatic rings. The van der Waals surface area contributed by atoms with Crippen molar-refractivity contribution >= 4 is 22.2 Å². The molecule has 0 heterocycles. The number of hydrogen-bond donors (Lipinski definition) is 0. The van der Waals surface area contributed by atoms with Crippen LogP contribution in [0.5, 0.6) is 0 Å². The van der Waals surface area contributed by atoms with E-state index in [1.165, 1.54) is 12.1 Å². The summed E-state index contributed by atoms with van der Waals surface area (Å²) in [6, 6.07) is 2.93. The minimum Gasteiger partial charge on any atom is -0.303 e. The van der Waals surface area contributed by atoms with Crippen molar-refractivity contribution < 1.29 is 9.18 Å². The fourth-order valence-electron chi connectivity index (χ4n) is 1.45. The van der Waals surface area contributed by atoms with Crippen LogP contribution in [0.4, 0.5) is 4.39 Å². The van der Waals surface area contributed by atoms with Crippen LogP contribution in [0.1, 0.15) is 30.4 Å². The Labute approximate surface area is 91.5 Å². The highest BCUT2D eigenvalue weighted by atomic mass is 79.9. The van der Waals surface area contributed by atoms with Gasteiger partial charge in [0.25, 0.3) is 0 Å². The first-order valence-corrected chi connectivity index (χ1v) is 5.24. The monoisotopic (exact) mass is 258 g/mol. The Morgan fingerprint density at radius 1 is 1.57 bits per heavy atom. The molecule has 1 rings (SSSR count). The Bertz CT molecular complexity index is 349. The van der Waals surface area contributed by atoms with Gasteiger partial charge in [0.05, 0.1) is 0 Å². The first kappa shape index (κ1) is 11.4. The van der Waals surface area contributed by atoms with Crippen molar-refractivity contribution in [1.29, 1.82) is 0 Å². The Morgan fingerprint density at radius 2 is 2.21 bits per heavy atom. The van der Waals surface area contributed by atoms with Gasteiger partial charge in [0.15, 0.2) is 0 Å². The molecule has 0 aliphatic carbocycles. The molecule has 0 fully saturated rings. The van der Waals surface area contributed by atoms with Gasteiger partial charge in [-0.1, -0.05) is 22.9 Å². The Morgan fingerprint density at radius 3 is 2.79 bits per heavy atom. The lowest BCUT2D eigenvalue weighted by Crippen LogP contribution is -1.99. The molecule has 1 nitrogen and oxygen atoms in total. The smallest absolute Gasteiger partial charge is 0.124 e. The molecular formula is C11H12BrFO. The van der Waals surface area contributed by atoms with Crippen LogP contribution in [0.3, 0.4) is 0 Å². The lowest BCUT2D eigenvalue weighted by Gasteiger charge is -2.13. The van der Waals surface area contributed by atoms with E-state index in [9.17, 15) is 9.18 Å². The molecule has 76 valence electrons. The maximum atomic E-state index is 13.1. The average molecular weight is 259 g/mol. The van der Waals surface area contributed by atoms with Crippen molar-refractivity contribution in [3.05, 3.63) is 33.5 Å². The number of benzene rings is 1. The van der Waals surface area contributed by atoms with Gasteiger partial charge in [-0.3, -0.25) is 0 Å². The van der Waals surface area contributed by atoms with Crippen molar-refractivity contribution in [1.82, 2.24) is 0 Å². The summed E-state index contributed by atoms with van der Waals surface area (Å²) in [7, 11) is 0. The van der Waals surface area contributed by atoms with E-state index < -0.39 is 0 Å². The summed E-state index contributed by atoms with van der Waals surface area (Å²) < 4.78 is 13.8. The molecule has 0 bridgehead atoms. The highest BCUT2D eigenvalue weighted by molar-refractivity contribution is 9.10. The van der Waals surface area contributed by atoms with Crippen LogP contribution in [0.25, 0.3) is 0 Å². The van der Waals surface area contributed by atoms with Crippen molar-refractivity contribution in [2.75, 3.05) is 0 Å². The van der Waals surface area contributed by atoms with E-state index in [1.807, 2.05) is 13.8 Å². The number of halogens is 2. The van der Waals surface area contributed by atoms with Crippen LogP contribution in [0.15, 0.2) is 16.6 Å². The summed E-state index contributed by atoms with van der Waals surface area (Å²) in [5.41, 5.74) is 1.89. The number of rotatable bonds is 3. The maximum absolute atomic E-state index is 13.1. The van der Waals surface area contributed by atoms with Crippen LogP contribution >= 0.6 is 15.9 Å². The average Bonchev–Trinajstić information content (AvgIpc) is 2.11. The summed E-state index contributed by atoms with van der Waals surface area (Å²) >= 11 is 3.29. The Hall–Kier alpha value is -0.700. The molecule has 0 spiro atoms. The van der Waals surface area contributed by atoms with Gasteiger partial charge >= 0.3 is 0 Å². The van der Waals surface area contributed by atoms with E-state index in [2.05, 4.69) is 15.9 Å². The van der Waals surface area contributed by atoms with Gasteiger partial charge < -0.3 is 4.79 Å². The van der Waals surface area contributed by atoms with Crippen molar-refractivity contribution in [3.8, 4) is 0 Å². The topological polar surface area (TPSA) is 17.1 Å². The molecule has 0 aromatic heterocycles. The quantitative estimate of drug-likeness (QED) is 0.758. The molecule has 3 heteroatoms.